The molecule has 13 heavy (non-hydrogen) atoms. The summed E-state index contributed by atoms with van der Waals surface area (Å²) in [6, 6.07) is 0. The van der Waals surface area contributed by atoms with Crippen molar-refractivity contribution in [2.45, 2.75) is 19.8 Å². The average Bonchev–Trinajstić information content (AvgIpc) is 2.11. The van der Waals surface area contributed by atoms with Gasteiger partial charge in [0, 0.05) is 6.08 Å². The Labute approximate surface area is 77.1 Å². The normalized spacial score (nSPS) is 15.9. The average molecular weight is 180 g/mol. The second kappa shape index (κ2) is 4.60. The molecule has 0 aromatic carbocycles. The summed E-state index contributed by atoms with van der Waals surface area (Å²) in [4.78, 5) is 22.0. The van der Waals surface area contributed by atoms with Gasteiger partial charge in [-0.1, -0.05) is 13.3 Å². The van der Waals surface area contributed by atoms with Crippen LogP contribution in [0.1, 0.15) is 19.8 Å². The quantitative estimate of drug-likeness (QED) is 0.485. The van der Waals surface area contributed by atoms with Gasteiger partial charge in [-0.15, -0.1) is 0 Å². The van der Waals surface area contributed by atoms with Crippen molar-refractivity contribution in [2.75, 3.05) is 6.61 Å². The number of hydrogen-bond donors (Lipinski definition) is 0. The number of hydrogen-bond acceptors (Lipinski definition) is 3. The molecule has 1 aliphatic rings. The van der Waals surface area contributed by atoms with Crippen LogP contribution in [0.3, 0.4) is 0 Å². The zero-order valence-corrected chi connectivity index (χ0v) is 7.58. The highest BCUT2D eigenvalue weighted by Crippen LogP contribution is 2.07. The Bertz CT molecular complexity index is 274. The number of ketones is 2. The van der Waals surface area contributed by atoms with Crippen LogP contribution in [0, 0.1) is 0 Å². The van der Waals surface area contributed by atoms with E-state index in [1.807, 2.05) is 6.92 Å². The summed E-state index contributed by atoms with van der Waals surface area (Å²) in [6.45, 7) is 2.53. The van der Waals surface area contributed by atoms with Crippen molar-refractivity contribution >= 4 is 11.6 Å². The number of unbranched alkanes of at least 4 members (excludes halogenated alkanes) is 1. The molecular formula is C10H12O3. The SMILES string of the molecule is CCCCOC1=CC(=O)C=CC1=O. The fourth-order valence-corrected chi connectivity index (χ4v) is 0.928. The minimum Gasteiger partial charge on any atom is -0.489 e. The van der Waals surface area contributed by atoms with E-state index in [4.69, 9.17) is 4.74 Å². The molecule has 3 heteroatoms. The molecule has 70 valence electrons. The van der Waals surface area contributed by atoms with E-state index < -0.39 is 0 Å². The molecule has 0 bridgehead atoms. The van der Waals surface area contributed by atoms with E-state index in [1.54, 1.807) is 0 Å². The second-order valence-electron chi connectivity index (χ2n) is 2.81. The summed E-state index contributed by atoms with van der Waals surface area (Å²) in [6.07, 6.45) is 5.62. The van der Waals surface area contributed by atoms with Gasteiger partial charge in [0.2, 0.25) is 5.78 Å². The van der Waals surface area contributed by atoms with E-state index in [0.29, 0.717) is 6.61 Å². The first-order valence-electron chi connectivity index (χ1n) is 4.35. The first kappa shape index (κ1) is 9.71. The van der Waals surface area contributed by atoms with E-state index in [-0.39, 0.29) is 17.3 Å². The molecule has 0 atom stereocenters. The lowest BCUT2D eigenvalue weighted by Gasteiger charge is -2.08. The minimum atomic E-state index is -0.226. The van der Waals surface area contributed by atoms with Crippen LogP contribution in [-0.4, -0.2) is 18.2 Å². The van der Waals surface area contributed by atoms with Crippen LogP contribution < -0.4 is 0 Å². The molecule has 0 saturated carbocycles. The van der Waals surface area contributed by atoms with E-state index in [9.17, 15) is 9.59 Å². The highest BCUT2D eigenvalue weighted by atomic mass is 16.5. The molecule has 0 spiro atoms. The van der Waals surface area contributed by atoms with Crippen LogP contribution in [0.4, 0.5) is 0 Å². The molecule has 1 aliphatic carbocycles. The van der Waals surface area contributed by atoms with Gasteiger partial charge in [-0.3, -0.25) is 9.59 Å². The summed E-state index contributed by atoms with van der Waals surface area (Å²) in [5.74, 6) is -0.247. The fourth-order valence-electron chi connectivity index (χ4n) is 0.928. The Morgan fingerprint density at radius 2 is 2.08 bits per heavy atom. The van der Waals surface area contributed by atoms with Crippen LogP contribution >= 0.6 is 0 Å². The molecule has 0 unspecified atom stereocenters. The van der Waals surface area contributed by atoms with Gasteiger partial charge in [-0.25, -0.2) is 0 Å². The third-order valence-electron chi connectivity index (χ3n) is 1.67. The summed E-state index contributed by atoms with van der Waals surface area (Å²) < 4.78 is 5.15. The zero-order chi connectivity index (χ0) is 9.68. The van der Waals surface area contributed by atoms with E-state index >= 15 is 0 Å². The zero-order valence-electron chi connectivity index (χ0n) is 7.58. The second-order valence-corrected chi connectivity index (χ2v) is 2.81. The van der Waals surface area contributed by atoms with Crippen molar-refractivity contribution in [3.05, 3.63) is 24.0 Å². The predicted octanol–water partition coefficient (Wildman–Crippen LogP) is 1.40. The van der Waals surface area contributed by atoms with Gasteiger partial charge < -0.3 is 4.74 Å². The van der Waals surface area contributed by atoms with Crippen LogP contribution in [0.15, 0.2) is 24.0 Å². The smallest absolute Gasteiger partial charge is 0.220 e. The van der Waals surface area contributed by atoms with Crippen molar-refractivity contribution in [3.63, 3.8) is 0 Å². The highest BCUT2D eigenvalue weighted by molar-refractivity contribution is 6.16. The lowest BCUT2D eigenvalue weighted by atomic mass is 10.1. The monoisotopic (exact) mass is 180 g/mol. The third-order valence-corrected chi connectivity index (χ3v) is 1.67. The predicted molar refractivity (Wildman–Crippen MR) is 48.1 cm³/mol. The number of rotatable bonds is 4. The summed E-state index contributed by atoms with van der Waals surface area (Å²) in [5, 5.41) is 0. The molecule has 0 fully saturated rings. The van der Waals surface area contributed by atoms with Crippen LogP contribution in [0.25, 0.3) is 0 Å². The summed E-state index contributed by atoms with van der Waals surface area (Å²) >= 11 is 0. The van der Waals surface area contributed by atoms with Crippen molar-refractivity contribution in [1.82, 2.24) is 0 Å². The van der Waals surface area contributed by atoms with Crippen LogP contribution in [0.2, 0.25) is 0 Å². The van der Waals surface area contributed by atoms with Gasteiger partial charge in [0.1, 0.15) is 0 Å². The van der Waals surface area contributed by atoms with Gasteiger partial charge in [0.05, 0.1) is 6.61 Å². The maximum Gasteiger partial charge on any atom is 0.220 e. The van der Waals surface area contributed by atoms with Crippen molar-refractivity contribution in [3.8, 4) is 0 Å². The molecule has 0 heterocycles. The number of carbonyl (C=O) groups excluding carboxylic acids is 2. The maximum absolute atomic E-state index is 11.1. The fraction of sp³-hybridized carbons (Fsp3) is 0.400. The van der Waals surface area contributed by atoms with Crippen LogP contribution in [0.5, 0.6) is 0 Å². The lowest BCUT2D eigenvalue weighted by Crippen LogP contribution is -2.11. The molecule has 0 N–H and O–H groups in total. The molecule has 1 rings (SSSR count). The van der Waals surface area contributed by atoms with Crippen molar-refractivity contribution in [2.24, 2.45) is 0 Å². The Balaban J connectivity index is 2.48. The Morgan fingerprint density at radius 1 is 1.31 bits per heavy atom. The molecule has 0 radical (unpaired) electrons. The van der Waals surface area contributed by atoms with Gasteiger partial charge >= 0.3 is 0 Å². The summed E-state index contributed by atoms with van der Waals surface area (Å²) in [5.41, 5.74) is 0. The molecule has 0 aromatic heterocycles. The number of allylic oxidation sites excluding steroid dienone is 3. The third kappa shape index (κ3) is 2.86. The Hall–Kier alpha value is -1.38. The maximum atomic E-state index is 11.1. The summed E-state index contributed by atoms with van der Waals surface area (Å²) in [7, 11) is 0. The largest absolute Gasteiger partial charge is 0.489 e. The van der Waals surface area contributed by atoms with E-state index in [0.717, 1.165) is 12.8 Å². The lowest BCUT2D eigenvalue weighted by molar-refractivity contribution is -0.117. The minimum absolute atomic E-state index is 0.168. The van der Waals surface area contributed by atoms with Gasteiger partial charge in [0.15, 0.2) is 11.5 Å². The van der Waals surface area contributed by atoms with E-state index in [2.05, 4.69) is 0 Å². The molecule has 3 nitrogen and oxygen atoms in total. The topological polar surface area (TPSA) is 43.4 Å². The van der Waals surface area contributed by atoms with Crippen LogP contribution in [-0.2, 0) is 14.3 Å². The standard InChI is InChI=1S/C10H12O3/c1-2-3-6-13-10-7-8(11)4-5-9(10)12/h4-5,7H,2-3,6H2,1H3. The van der Waals surface area contributed by atoms with Gasteiger partial charge in [-0.2, -0.15) is 0 Å². The Morgan fingerprint density at radius 3 is 2.77 bits per heavy atom. The first-order valence-corrected chi connectivity index (χ1v) is 4.35. The first-order chi connectivity index (χ1) is 6.24. The number of carbonyl (C=O) groups is 2. The van der Waals surface area contributed by atoms with Crippen molar-refractivity contribution < 1.29 is 14.3 Å². The molecule has 0 aliphatic heterocycles. The van der Waals surface area contributed by atoms with Gasteiger partial charge in [-0.05, 0) is 18.6 Å². The molecule has 0 saturated heterocycles. The van der Waals surface area contributed by atoms with E-state index in [1.165, 1.54) is 18.2 Å². The Kier molecular flexibility index (Phi) is 3.43. The van der Waals surface area contributed by atoms with Gasteiger partial charge in [0.25, 0.3) is 0 Å². The molecular weight excluding hydrogens is 168 g/mol. The van der Waals surface area contributed by atoms with Crippen molar-refractivity contribution in [1.29, 1.82) is 0 Å². The molecule has 0 amide bonds. The number of ether oxygens (including phenoxy) is 1. The highest BCUT2D eigenvalue weighted by Gasteiger charge is 2.13. The molecule has 0 aromatic rings.